The number of nitrogens with one attached hydrogen (secondary N) is 2. The fraction of sp³-hybridized carbons (Fsp3) is 0.526. The van der Waals surface area contributed by atoms with Crippen LogP contribution in [0.4, 0.5) is 0 Å². The van der Waals surface area contributed by atoms with Crippen molar-refractivity contribution in [2.75, 3.05) is 40.0 Å². The molecular formula is C19H29N3O3. The Morgan fingerprint density at radius 2 is 2.28 bits per heavy atom. The lowest BCUT2D eigenvalue weighted by Gasteiger charge is -2.15. The normalized spacial score (nSPS) is 17.3. The molecule has 1 heterocycles. The highest BCUT2D eigenvalue weighted by Crippen LogP contribution is 2.17. The number of nitrogens with zero attached hydrogens (tertiary/aromatic N) is 1. The highest BCUT2D eigenvalue weighted by molar-refractivity contribution is 5.79. The third-order valence-corrected chi connectivity index (χ3v) is 3.85. The molecular weight excluding hydrogens is 318 g/mol. The van der Waals surface area contributed by atoms with Crippen LogP contribution in [0.2, 0.25) is 0 Å². The fourth-order valence-electron chi connectivity index (χ4n) is 2.51. The van der Waals surface area contributed by atoms with Gasteiger partial charge in [-0.1, -0.05) is 30.9 Å². The van der Waals surface area contributed by atoms with E-state index in [0.29, 0.717) is 13.2 Å². The van der Waals surface area contributed by atoms with E-state index < -0.39 is 0 Å². The molecule has 0 spiro atoms. The molecule has 6 nitrogen and oxygen atoms in total. The first-order chi connectivity index (χ1) is 12.3. The molecule has 0 amide bonds. The van der Waals surface area contributed by atoms with Crippen molar-refractivity contribution in [1.82, 2.24) is 10.6 Å². The summed E-state index contributed by atoms with van der Waals surface area (Å²) >= 11 is 0. The van der Waals surface area contributed by atoms with Crippen molar-refractivity contribution in [3.8, 4) is 5.75 Å². The van der Waals surface area contributed by atoms with Gasteiger partial charge in [-0.15, -0.1) is 0 Å². The van der Waals surface area contributed by atoms with Crippen LogP contribution in [-0.2, 0) is 16.0 Å². The second-order valence-electron chi connectivity index (χ2n) is 5.77. The number of hydrogen-bond acceptors (Lipinski definition) is 4. The van der Waals surface area contributed by atoms with E-state index in [9.17, 15) is 0 Å². The number of aliphatic imine (C=N–C) groups is 1. The molecule has 0 aromatic heterocycles. The Morgan fingerprint density at radius 1 is 1.40 bits per heavy atom. The van der Waals surface area contributed by atoms with Crippen LogP contribution in [0.1, 0.15) is 18.4 Å². The minimum Gasteiger partial charge on any atom is -0.489 e. The molecule has 1 unspecified atom stereocenters. The maximum atomic E-state index is 5.75. The number of guanidine groups is 1. The highest BCUT2D eigenvalue weighted by Gasteiger charge is 2.15. The molecule has 1 atom stereocenters. The third kappa shape index (κ3) is 7.15. The monoisotopic (exact) mass is 347 g/mol. The molecule has 25 heavy (non-hydrogen) atoms. The van der Waals surface area contributed by atoms with Crippen molar-refractivity contribution >= 4 is 5.96 Å². The van der Waals surface area contributed by atoms with Crippen molar-refractivity contribution in [2.24, 2.45) is 4.99 Å². The quantitative estimate of drug-likeness (QED) is 0.294. The van der Waals surface area contributed by atoms with Gasteiger partial charge in [0.25, 0.3) is 0 Å². The number of hydrogen-bond donors (Lipinski definition) is 2. The van der Waals surface area contributed by atoms with Gasteiger partial charge in [0.05, 0.1) is 12.7 Å². The summed E-state index contributed by atoms with van der Waals surface area (Å²) < 4.78 is 16.7. The zero-order chi connectivity index (χ0) is 17.7. The zero-order valence-corrected chi connectivity index (χ0v) is 15.0. The lowest BCUT2D eigenvalue weighted by Crippen LogP contribution is -2.37. The summed E-state index contributed by atoms with van der Waals surface area (Å²) in [4.78, 5) is 4.25. The van der Waals surface area contributed by atoms with Crippen molar-refractivity contribution < 1.29 is 14.2 Å². The number of para-hydroxylation sites is 1. The fourth-order valence-corrected chi connectivity index (χ4v) is 2.51. The molecule has 0 bridgehead atoms. The Labute approximate surface area is 150 Å². The van der Waals surface area contributed by atoms with Gasteiger partial charge in [-0.05, 0) is 18.9 Å². The van der Waals surface area contributed by atoms with Crippen LogP contribution in [-0.4, -0.2) is 52.1 Å². The van der Waals surface area contributed by atoms with E-state index in [4.69, 9.17) is 14.2 Å². The van der Waals surface area contributed by atoms with Gasteiger partial charge in [0.1, 0.15) is 12.4 Å². The molecule has 2 rings (SSSR count). The van der Waals surface area contributed by atoms with E-state index in [1.807, 2.05) is 24.3 Å². The van der Waals surface area contributed by atoms with Gasteiger partial charge in [-0.25, -0.2) is 0 Å². The summed E-state index contributed by atoms with van der Waals surface area (Å²) in [6, 6.07) is 7.96. The smallest absolute Gasteiger partial charge is 0.191 e. The second-order valence-corrected chi connectivity index (χ2v) is 5.77. The lowest BCUT2D eigenvalue weighted by atomic mass is 10.2. The molecule has 1 aliphatic heterocycles. The standard InChI is InChI=1S/C19H29N3O3/c1-3-11-25-18-8-5-4-7-16(18)14-22-19(20-2)21-10-6-12-24-17-9-13-23-15-17/h3-5,7-8,17H,1,6,9-15H2,2H3,(H2,20,21,22). The average molecular weight is 347 g/mol. The van der Waals surface area contributed by atoms with Crippen molar-refractivity contribution in [2.45, 2.75) is 25.5 Å². The second kappa shape index (κ2) is 11.5. The lowest BCUT2D eigenvalue weighted by molar-refractivity contribution is 0.0420. The summed E-state index contributed by atoms with van der Waals surface area (Å²) in [5, 5.41) is 6.61. The minimum atomic E-state index is 0.268. The van der Waals surface area contributed by atoms with Crippen LogP contribution in [0.5, 0.6) is 5.75 Å². The van der Waals surface area contributed by atoms with E-state index in [2.05, 4.69) is 22.2 Å². The average Bonchev–Trinajstić information content (AvgIpc) is 3.16. The summed E-state index contributed by atoms with van der Waals surface area (Å²) in [6.07, 6.45) is 3.94. The van der Waals surface area contributed by atoms with Crippen molar-refractivity contribution in [3.05, 3.63) is 42.5 Å². The first kappa shape index (κ1) is 19.3. The van der Waals surface area contributed by atoms with Crippen LogP contribution < -0.4 is 15.4 Å². The van der Waals surface area contributed by atoms with Crippen LogP contribution in [0.15, 0.2) is 41.9 Å². The largest absolute Gasteiger partial charge is 0.489 e. The van der Waals surface area contributed by atoms with Crippen LogP contribution in [0.3, 0.4) is 0 Å². The molecule has 0 aliphatic carbocycles. The SMILES string of the molecule is C=CCOc1ccccc1CNC(=NC)NCCCOC1CCOC1. The molecule has 138 valence electrons. The van der Waals surface area contributed by atoms with Gasteiger partial charge in [-0.2, -0.15) is 0 Å². The molecule has 2 N–H and O–H groups in total. The molecule has 0 radical (unpaired) electrons. The van der Waals surface area contributed by atoms with Gasteiger partial charge in [0, 0.05) is 38.9 Å². The molecule has 6 heteroatoms. The molecule has 1 fully saturated rings. The summed E-state index contributed by atoms with van der Waals surface area (Å²) in [7, 11) is 1.77. The molecule has 0 saturated carbocycles. The Kier molecular flexibility index (Phi) is 8.86. The summed E-state index contributed by atoms with van der Waals surface area (Å²) in [6.45, 7) is 7.90. The summed E-state index contributed by atoms with van der Waals surface area (Å²) in [5.41, 5.74) is 1.08. The van der Waals surface area contributed by atoms with E-state index in [1.54, 1.807) is 13.1 Å². The maximum absolute atomic E-state index is 5.75. The van der Waals surface area contributed by atoms with E-state index >= 15 is 0 Å². The number of ether oxygens (including phenoxy) is 3. The minimum absolute atomic E-state index is 0.268. The molecule has 1 aliphatic rings. The molecule has 1 aromatic carbocycles. The predicted molar refractivity (Wildman–Crippen MR) is 100 cm³/mol. The highest BCUT2D eigenvalue weighted by atomic mass is 16.5. The van der Waals surface area contributed by atoms with Gasteiger partial charge < -0.3 is 24.8 Å². The van der Waals surface area contributed by atoms with Gasteiger partial charge >= 0.3 is 0 Å². The van der Waals surface area contributed by atoms with Gasteiger partial charge in [-0.3, -0.25) is 4.99 Å². The summed E-state index contributed by atoms with van der Waals surface area (Å²) in [5.74, 6) is 1.63. The number of benzene rings is 1. The van der Waals surface area contributed by atoms with Crippen LogP contribution in [0, 0.1) is 0 Å². The first-order valence-electron chi connectivity index (χ1n) is 8.79. The maximum Gasteiger partial charge on any atom is 0.191 e. The zero-order valence-electron chi connectivity index (χ0n) is 15.0. The molecule has 1 saturated heterocycles. The van der Waals surface area contributed by atoms with Crippen molar-refractivity contribution in [1.29, 1.82) is 0 Å². The Balaban J connectivity index is 1.66. The third-order valence-electron chi connectivity index (χ3n) is 3.85. The Hall–Kier alpha value is -2.05. The van der Waals surface area contributed by atoms with E-state index in [0.717, 1.165) is 56.5 Å². The van der Waals surface area contributed by atoms with Gasteiger partial charge in [0.15, 0.2) is 5.96 Å². The van der Waals surface area contributed by atoms with Gasteiger partial charge in [0.2, 0.25) is 0 Å². The van der Waals surface area contributed by atoms with Crippen LogP contribution >= 0.6 is 0 Å². The topological polar surface area (TPSA) is 64.1 Å². The van der Waals surface area contributed by atoms with Crippen molar-refractivity contribution in [3.63, 3.8) is 0 Å². The number of rotatable bonds is 10. The molecule has 1 aromatic rings. The Morgan fingerprint density at radius 3 is 3.04 bits per heavy atom. The first-order valence-corrected chi connectivity index (χ1v) is 8.79. The predicted octanol–water partition coefficient (Wildman–Crippen LogP) is 2.11. The Bertz CT molecular complexity index is 542. The van der Waals surface area contributed by atoms with E-state index in [-0.39, 0.29) is 6.10 Å². The van der Waals surface area contributed by atoms with E-state index in [1.165, 1.54) is 0 Å². The van der Waals surface area contributed by atoms with Crippen LogP contribution in [0.25, 0.3) is 0 Å².